The van der Waals surface area contributed by atoms with Crippen LogP contribution in [0.1, 0.15) is 45.4 Å². The maximum absolute atomic E-state index is 10.7. The molecule has 0 aromatic carbocycles. The van der Waals surface area contributed by atoms with Crippen molar-refractivity contribution in [2.75, 3.05) is 6.61 Å². The minimum absolute atomic E-state index is 0.250. The number of allylic oxidation sites excluding steroid dienone is 2. The van der Waals surface area contributed by atoms with E-state index in [9.17, 15) is 9.59 Å². The van der Waals surface area contributed by atoms with Gasteiger partial charge in [0.1, 0.15) is 0 Å². The van der Waals surface area contributed by atoms with Crippen molar-refractivity contribution < 1.29 is 24.5 Å². The van der Waals surface area contributed by atoms with Crippen molar-refractivity contribution in [3.8, 4) is 0 Å². The highest BCUT2D eigenvalue weighted by atomic mass is 16.5. The van der Waals surface area contributed by atoms with Crippen LogP contribution in [0.5, 0.6) is 0 Å². The predicted octanol–water partition coefficient (Wildman–Crippen LogP) is 4.09. The molecule has 2 aliphatic carbocycles. The van der Waals surface area contributed by atoms with Gasteiger partial charge in [0, 0.05) is 12.0 Å². The van der Waals surface area contributed by atoms with Gasteiger partial charge in [0.2, 0.25) is 0 Å². The lowest BCUT2D eigenvalue weighted by atomic mass is 9.90. The smallest absolute Gasteiger partial charge is 0.334 e. The van der Waals surface area contributed by atoms with E-state index in [0.717, 1.165) is 18.9 Å². The van der Waals surface area contributed by atoms with Crippen LogP contribution < -0.4 is 0 Å². The Kier molecular flexibility index (Phi) is 8.61. The van der Waals surface area contributed by atoms with E-state index in [1.165, 1.54) is 43.1 Å². The van der Waals surface area contributed by atoms with Crippen molar-refractivity contribution in [3.05, 3.63) is 47.8 Å². The second-order valence-corrected chi connectivity index (χ2v) is 5.88. The number of aliphatic carboxylic acids is 2. The van der Waals surface area contributed by atoms with Gasteiger partial charge in [-0.05, 0) is 45.4 Å². The van der Waals surface area contributed by atoms with E-state index in [1.54, 1.807) is 6.92 Å². The van der Waals surface area contributed by atoms with Crippen LogP contribution in [-0.2, 0) is 14.3 Å². The largest absolute Gasteiger partial charge is 0.500 e. The second kappa shape index (κ2) is 10.5. The summed E-state index contributed by atoms with van der Waals surface area (Å²) in [6, 6.07) is 0. The van der Waals surface area contributed by atoms with Gasteiger partial charge in [-0.15, -0.1) is 0 Å². The molecule has 5 heteroatoms. The summed E-state index contributed by atoms with van der Waals surface area (Å²) < 4.78 is 5.52. The van der Waals surface area contributed by atoms with Gasteiger partial charge in [-0.2, -0.15) is 0 Å². The minimum atomic E-state index is -0.981. The molecule has 132 valence electrons. The molecule has 0 aromatic rings. The first-order chi connectivity index (χ1) is 11.5. The molecule has 5 nitrogen and oxygen atoms in total. The molecule has 0 bridgehead atoms. The quantitative estimate of drug-likeness (QED) is 0.416. The summed E-state index contributed by atoms with van der Waals surface area (Å²) in [4.78, 5) is 20.0. The number of hydrogen-bond donors (Lipinski definition) is 2. The lowest BCUT2D eigenvalue weighted by Gasteiger charge is -2.19. The summed E-state index contributed by atoms with van der Waals surface area (Å²) in [7, 11) is 0. The Morgan fingerprint density at radius 1 is 1.21 bits per heavy atom. The summed E-state index contributed by atoms with van der Waals surface area (Å²) in [5.41, 5.74) is 3.21. The Hall–Kier alpha value is -2.30. The van der Waals surface area contributed by atoms with Crippen LogP contribution in [0.4, 0.5) is 0 Å². The highest BCUT2D eigenvalue weighted by Gasteiger charge is 2.23. The first-order valence-corrected chi connectivity index (χ1v) is 8.20. The first kappa shape index (κ1) is 19.7. The molecule has 2 N–H and O–H groups in total. The summed E-state index contributed by atoms with van der Waals surface area (Å²) in [6.45, 7) is 5.09. The van der Waals surface area contributed by atoms with Crippen LogP contribution in [0.25, 0.3) is 0 Å². The molecule has 2 rings (SSSR count). The molecule has 0 atom stereocenters. The van der Waals surface area contributed by atoms with Crippen molar-refractivity contribution in [1.82, 2.24) is 0 Å². The van der Waals surface area contributed by atoms with Gasteiger partial charge in [0.05, 0.1) is 18.4 Å². The van der Waals surface area contributed by atoms with Crippen molar-refractivity contribution in [2.24, 2.45) is 5.92 Å². The molecule has 0 unspecified atom stereocenters. The number of hydrogen-bond acceptors (Lipinski definition) is 3. The van der Waals surface area contributed by atoms with Crippen molar-refractivity contribution in [1.29, 1.82) is 0 Å². The molecule has 0 saturated heterocycles. The van der Waals surface area contributed by atoms with E-state index in [1.807, 2.05) is 0 Å². The van der Waals surface area contributed by atoms with Gasteiger partial charge >= 0.3 is 11.9 Å². The minimum Gasteiger partial charge on any atom is -0.500 e. The third-order valence-electron chi connectivity index (χ3n) is 4.08. The fraction of sp³-hybridized carbons (Fsp3) is 0.474. The van der Waals surface area contributed by atoms with Crippen LogP contribution in [-0.4, -0.2) is 28.8 Å². The van der Waals surface area contributed by atoms with Gasteiger partial charge in [-0.25, -0.2) is 9.59 Å². The van der Waals surface area contributed by atoms with Gasteiger partial charge in [0.15, 0.2) is 0 Å². The highest BCUT2D eigenvalue weighted by molar-refractivity contribution is 5.85. The topological polar surface area (TPSA) is 83.8 Å². The molecule has 0 aromatic heterocycles. The Labute approximate surface area is 143 Å². The SMILES string of the molecule is C=CC(=O)O.CC(=COCC(C1=CCCC1)C1=CCCC1)C(=O)O. The molecule has 0 fully saturated rings. The Bertz CT molecular complexity index is 530. The summed E-state index contributed by atoms with van der Waals surface area (Å²) in [5.74, 6) is -1.54. The third-order valence-corrected chi connectivity index (χ3v) is 4.08. The Balaban J connectivity index is 0.000000505. The van der Waals surface area contributed by atoms with E-state index < -0.39 is 11.9 Å². The van der Waals surface area contributed by atoms with Crippen LogP contribution in [0.15, 0.2) is 47.8 Å². The zero-order valence-corrected chi connectivity index (χ0v) is 14.2. The van der Waals surface area contributed by atoms with E-state index in [2.05, 4.69) is 18.7 Å². The zero-order valence-electron chi connectivity index (χ0n) is 14.2. The Morgan fingerprint density at radius 2 is 1.71 bits per heavy atom. The lowest BCUT2D eigenvalue weighted by Crippen LogP contribution is -2.12. The molecule has 0 aliphatic heterocycles. The summed E-state index contributed by atoms with van der Waals surface area (Å²) in [5, 5.41) is 16.4. The van der Waals surface area contributed by atoms with Gasteiger partial charge in [0.25, 0.3) is 0 Å². The number of rotatable bonds is 7. The van der Waals surface area contributed by atoms with Crippen LogP contribution in [0.2, 0.25) is 0 Å². The maximum atomic E-state index is 10.7. The van der Waals surface area contributed by atoms with Crippen molar-refractivity contribution in [3.63, 3.8) is 0 Å². The summed E-state index contributed by atoms with van der Waals surface area (Å²) in [6.07, 6.45) is 14.0. The molecule has 0 saturated carbocycles. The third kappa shape index (κ3) is 6.86. The predicted molar refractivity (Wildman–Crippen MR) is 92.5 cm³/mol. The first-order valence-electron chi connectivity index (χ1n) is 8.20. The standard InChI is InChI=1S/C16H22O3.C3H4O2/c1-12(16(17)18)10-19-11-15(13-6-2-3-7-13)14-8-4-5-9-14;1-2-3(4)5/h6,8,10,15H,2-5,7,9,11H2,1H3,(H,17,18);2H,1H2,(H,4,5). The molecule has 0 spiro atoms. The van der Waals surface area contributed by atoms with Crippen LogP contribution in [0.3, 0.4) is 0 Å². The molecule has 0 heterocycles. The number of carboxylic acids is 2. The van der Waals surface area contributed by atoms with E-state index in [-0.39, 0.29) is 5.57 Å². The molecule has 2 aliphatic rings. The normalized spacial score (nSPS) is 16.8. The molecular formula is C19H26O5. The second-order valence-electron chi connectivity index (χ2n) is 5.88. The number of carboxylic acid groups (broad SMARTS) is 2. The van der Waals surface area contributed by atoms with Crippen molar-refractivity contribution >= 4 is 11.9 Å². The van der Waals surface area contributed by atoms with Gasteiger partial charge < -0.3 is 14.9 Å². The average Bonchev–Trinajstić information content (AvgIpc) is 3.25. The Morgan fingerprint density at radius 3 is 2.04 bits per heavy atom. The number of ether oxygens (including phenoxy) is 1. The molecule has 0 radical (unpaired) electrons. The van der Waals surface area contributed by atoms with Crippen LogP contribution >= 0.6 is 0 Å². The monoisotopic (exact) mass is 334 g/mol. The van der Waals surface area contributed by atoms with E-state index in [4.69, 9.17) is 14.9 Å². The van der Waals surface area contributed by atoms with Crippen molar-refractivity contribution in [2.45, 2.75) is 45.4 Å². The van der Waals surface area contributed by atoms with Crippen LogP contribution in [0, 0.1) is 5.92 Å². The number of carbonyl (C=O) groups is 2. The van der Waals surface area contributed by atoms with E-state index >= 15 is 0 Å². The maximum Gasteiger partial charge on any atom is 0.334 e. The molecular weight excluding hydrogens is 308 g/mol. The molecule has 24 heavy (non-hydrogen) atoms. The summed E-state index contributed by atoms with van der Waals surface area (Å²) >= 11 is 0. The van der Waals surface area contributed by atoms with Gasteiger partial charge in [-0.3, -0.25) is 0 Å². The zero-order chi connectivity index (χ0) is 17.9. The fourth-order valence-corrected chi connectivity index (χ4v) is 2.80. The highest BCUT2D eigenvalue weighted by Crippen LogP contribution is 2.35. The van der Waals surface area contributed by atoms with E-state index in [0.29, 0.717) is 12.5 Å². The lowest BCUT2D eigenvalue weighted by molar-refractivity contribution is -0.133. The molecule has 0 amide bonds. The average molecular weight is 334 g/mol. The fourth-order valence-electron chi connectivity index (χ4n) is 2.80. The van der Waals surface area contributed by atoms with Gasteiger partial charge in [-0.1, -0.05) is 29.9 Å².